The monoisotopic (exact) mass is 439 g/mol. The molecule has 1 amide bonds. The van der Waals surface area contributed by atoms with Crippen molar-refractivity contribution >= 4 is 11.6 Å². The molecule has 1 aliphatic heterocycles. The lowest BCUT2D eigenvalue weighted by molar-refractivity contribution is -0.116. The van der Waals surface area contributed by atoms with Crippen LogP contribution in [0.25, 0.3) is 0 Å². The number of unbranched alkanes of at least 4 members (excludes halogenated alkanes) is 2. The molecule has 0 saturated carbocycles. The lowest BCUT2D eigenvalue weighted by atomic mass is 9.84. The van der Waals surface area contributed by atoms with Crippen LogP contribution in [0.15, 0.2) is 36.4 Å². The van der Waals surface area contributed by atoms with Gasteiger partial charge in [-0.1, -0.05) is 71.2 Å². The third kappa shape index (κ3) is 6.04. The van der Waals surface area contributed by atoms with E-state index in [1.165, 1.54) is 0 Å². The Morgan fingerprint density at radius 1 is 1.16 bits per heavy atom. The summed E-state index contributed by atoms with van der Waals surface area (Å²) in [4.78, 5) is 13.2. The van der Waals surface area contributed by atoms with Crippen LogP contribution in [0.1, 0.15) is 82.4 Å². The molecule has 1 heterocycles. The van der Waals surface area contributed by atoms with Crippen LogP contribution in [0.4, 0.5) is 5.69 Å². The van der Waals surface area contributed by atoms with Gasteiger partial charge in [-0.05, 0) is 47.4 Å². The van der Waals surface area contributed by atoms with E-state index >= 15 is 0 Å². The van der Waals surface area contributed by atoms with Crippen molar-refractivity contribution < 1.29 is 19.4 Å². The van der Waals surface area contributed by atoms with Crippen molar-refractivity contribution in [2.45, 2.75) is 77.6 Å². The standard InChI is InChI=1S/C27H37NO4/c1-5-6-7-9-20(21-10-8-11-24-26(21)32-18-31-24)17-25(30)28-23-16-19(14-15-29)12-13-22(23)27(2,3)4/h8,10-13,16,20,29H,5-7,9,14-15,17-18H2,1-4H3,(H,28,30). The van der Waals surface area contributed by atoms with Crippen molar-refractivity contribution in [2.75, 3.05) is 18.7 Å². The van der Waals surface area contributed by atoms with E-state index < -0.39 is 0 Å². The molecule has 0 spiro atoms. The second-order valence-electron chi connectivity index (χ2n) is 9.63. The Morgan fingerprint density at radius 3 is 2.69 bits per heavy atom. The van der Waals surface area contributed by atoms with Gasteiger partial charge in [0.2, 0.25) is 12.7 Å². The highest BCUT2D eigenvalue weighted by Gasteiger charge is 2.26. The number of rotatable bonds is 10. The zero-order valence-corrected chi connectivity index (χ0v) is 19.9. The summed E-state index contributed by atoms with van der Waals surface area (Å²) in [5, 5.41) is 12.5. The van der Waals surface area contributed by atoms with Gasteiger partial charge in [0.25, 0.3) is 0 Å². The molecular weight excluding hydrogens is 402 g/mol. The summed E-state index contributed by atoms with van der Waals surface area (Å²) in [5.74, 6) is 1.60. The first kappa shape index (κ1) is 24.1. The Labute approximate surface area is 192 Å². The van der Waals surface area contributed by atoms with E-state index in [2.05, 4.69) is 45.1 Å². The molecule has 1 unspecified atom stereocenters. The Hall–Kier alpha value is -2.53. The molecule has 0 saturated heterocycles. The average molecular weight is 440 g/mol. The lowest BCUT2D eigenvalue weighted by Crippen LogP contribution is -2.21. The lowest BCUT2D eigenvalue weighted by Gasteiger charge is -2.25. The fourth-order valence-electron chi connectivity index (χ4n) is 4.34. The zero-order chi connectivity index (χ0) is 23.1. The first-order valence-electron chi connectivity index (χ1n) is 11.8. The molecule has 32 heavy (non-hydrogen) atoms. The minimum absolute atomic E-state index is 0.00494. The topological polar surface area (TPSA) is 67.8 Å². The Balaban J connectivity index is 1.83. The normalized spacial score (nSPS) is 13.8. The molecule has 0 aromatic heterocycles. The van der Waals surface area contributed by atoms with Gasteiger partial charge >= 0.3 is 0 Å². The van der Waals surface area contributed by atoms with Gasteiger partial charge in [0, 0.05) is 24.3 Å². The number of nitrogens with one attached hydrogen (secondary N) is 1. The molecule has 5 nitrogen and oxygen atoms in total. The predicted octanol–water partition coefficient (Wildman–Crippen LogP) is 5.94. The molecule has 1 atom stereocenters. The van der Waals surface area contributed by atoms with Crippen LogP contribution in [0.5, 0.6) is 11.5 Å². The van der Waals surface area contributed by atoms with Gasteiger partial charge in [-0.15, -0.1) is 0 Å². The van der Waals surface area contributed by atoms with Gasteiger partial charge in [0.05, 0.1) is 0 Å². The second-order valence-corrected chi connectivity index (χ2v) is 9.63. The number of aliphatic hydroxyl groups is 1. The highest BCUT2D eigenvalue weighted by Crippen LogP contribution is 2.42. The second kappa shape index (κ2) is 10.9. The van der Waals surface area contributed by atoms with Gasteiger partial charge in [0.15, 0.2) is 11.5 Å². The van der Waals surface area contributed by atoms with Gasteiger partial charge < -0.3 is 19.9 Å². The van der Waals surface area contributed by atoms with E-state index in [-0.39, 0.29) is 30.6 Å². The van der Waals surface area contributed by atoms with Crippen LogP contribution in [-0.4, -0.2) is 24.4 Å². The quantitative estimate of drug-likeness (QED) is 0.450. The Morgan fingerprint density at radius 2 is 1.97 bits per heavy atom. The number of hydrogen-bond acceptors (Lipinski definition) is 4. The van der Waals surface area contributed by atoms with E-state index in [0.29, 0.717) is 12.8 Å². The summed E-state index contributed by atoms with van der Waals surface area (Å²) in [5.41, 5.74) is 3.89. The van der Waals surface area contributed by atoms with Crippen molar-refractivity contribution in [3.63, 3.8) is 0 Å². The van der Waals surface area contributed by atoms with Gasteiger partial charge in [-0.3, -0.25) is 4.79 Å². The maximum atomic E-state index is 13.2. The predicted molar refractivity (Wildman–Crippen MR) is 129 cm³/mol. The smallest absolute Gasteiger partial charge is 0.231 e. The van der Waals surface area contributed by atoms with E-state index in [9.17, 15) is 9.90 Å². The van der Waals surface area contributed by atoms with Crippen LogP contribution < -0.4 is 14.8 Å². The molecule has 0 aliphatic carbocycles. The number of ether oxygens (including phenoxy) is 2. The summed E-state index contributed by atoms with van der Waals surface area (Å²) in [7, 11) is 0. The Bertz CT molecular complexity index is 916. The first-order valence-corrected chi connectivity index (χ1v) is 11.8. The first-order chi connectivity index (χ1) is 15.3. The summed E-state index contributed by atoms with van der Waals surface area (Å²) >= 11 is 0. The van der Waals surface area contributed by atoms with Crippen molar-refractivity contribution in [3.05, 3.63) is 53.1 Å². The molecule has 5 heteroatoms. The van der Waals surface area contributed by atoms with Gasteiger partial charge in [-0.25, -0.2) is 0 Å². The van der Waals surface area contributed by atoms with Gasteiger partial charge in [0.1, 0.15) is 0 Å². The number of aliphatic hydroxyl groups excluding tert-OH is 1. The fraction of sp³-hybridized carbons (Fsp3) is 0.519. The van der Waals surface area contributed by atoms with Crippen molar-refractivity contribution in [1.29, 1.82) is 0 Å². The third-order valence-electron chi connectivity index (χ3n) is 6.02. The van der Waals surface area contributed by atoms with Crippen LogP contribution >= 0.6 is 0 Å². The highest BCUT2D eigenvalue weighted by molar-refractivity contribution is 5.92. The van der Waals surface area contributed by atoms with E-state index in [4.69, 9.17) is 9.47 Å². The number of carbonyl (C=O) groups is 1. The van der Waals surface area contributed by atoms with Crippen molar-refractivity contribution in [2.24, 2.45) is 0 Å². The molecule has 1 aliphatic rings. The zero-order valence-electron chi connectivity index (χ0n) is 19.9. The number of hydrogen-bond donors (Lipinski definition) is 2. The molecule has 2 N–H and O–H groups in total. The van der Waals surface area contributed by atoms with E-state index in [1.54, 1.807) is 0 Å². The molecule has 0 bridgehead atoms. The maximum absolute atomic E-state index is 13.2. The molecular formula is C27H37NO4. The van der Waals surface area contributed by atoms with Crippen molar-refractivity contribution in [3.8, 4) is 11.5 Å². The molecule has 3 rings (SSSR count). The van der Waals surface area contributed by atoms with E-state index in [1.807, 2.05) is 24.3 Å². The number of carbonyl (C=O) groups excluding carboxylic acids is 1. The molecule has 2 aromatic rings. The van der Waals surface area contributed by atoms with Crippen molar-refractivity contribution in [1.82, 2.24) is 0 Å². The fourth-order valence-corrected chi connectivity index (χ4v) is 4.34. The molecule has 2 aromatic carbocycles. The highest BCUT2D eigenvalue weighted by atomic mass is 16.7. The third-order valence-corrected chi connectivity index (χ3v) is 6.02. The number of benzene rings is 2. The Kier molecular flexibility index (Phi) is 8.19. The van der Waals surface area contributed by atoms with Crippen LogP contribution in [0.3, 0.4) is 0 Å². The van der Waals surface area contributed by atoms with Crippen LogP contribution in [-0.2, 0) is 16.6 Å². The largest absolute Gasteiger partial charge is 0.454 e. The minimum atomic E-state index is -0.105. The van der Waals surface area contributed by atoms with Crippen LogP contribution in [0.2, 0.25) is 0 Å². The molecule has 0 radical (unpaired) electrons. The van der Waals surface area contributed by atoms with Gasteiger partial charge in [-0.2, -0.15) is 0 Å². The number of amides is 1. The number of fused-ring (bicyclic) bond motifs is 1. The van der Waals surface area contributed by atoms with Crippen LogP contribution in [0, 0.1) is 0 Å². The summed E-state index contributed by atoms with van der Waals surface area (Å²) < 4.78 is 11.3. The summed E-state index contributed by atoms with van der Waals surface area (Å²) in [6.07, 6.45) is 5.23. The maximum Gasteiger partial charge on any atom is 0.231 e. The summed E-state index contributed by atoms with van der Waals surface area (Å²) in [6.45, 7) is 8.92. The SMILES string of the molecule is CCCCCC(CC(=O)Nc1cc(CCO)ccc1C(C)(C)C)c1cccc2c1OCO2. The molecule has 174 valence electrons. The summed E-state index contributed by atoms with van der Waals surface area (Å²) in [6, 6.07) is 12.0. The van der Waals surface area contributed by atoms with E-state index in [0.717, 1.165) is 59.6 Å². The minimum Gasteiger partial charge on any atom is -0.454 e. The number of anilines is 1. The molecule has 0 fully saturated rings. The number of para-hydroxylation sites is 1. The average Bonchev–Trinajstić information content (AvgIpc) is 3.22.